The molecular weight excluding hydrogens is 384 g/mol. The number of rotatable bonds is 11. The second-order valence-corrected chi connectivity index (χ2v) is 6.56. The van der Waals surface area contributed by atoms with Gasteiger partial charge in [0.05, 0.1) is 10.6 Å². The number of carbonyl (C=O) groups excluding carboxylic acids is 1. The predicted molar refractivity (Wildman–Crippen MR) is 118 cm³/mol. The Hall–Kier alpha value is -3.39. The number of amides is 1. The van der Waals surface area contributed by atoms with Crippen molar-refractivity contribution in [2.75, 3.05) is 13.6 Å². The van der Waals surface area contributed by atoms with E-state index < -0.39 is 11.0 Å². The van der Waals surface area contributed by atoms with Crippen LogP contribution in [-0.2, 0) is 11.3 Å². The van der Waals surface area contributed by atoms with E-state index in [1.807, 2.05) is 44.2 Å². The minimum absolute atomic E-state index is 0.0566. The Morgan fingerprint density at radius 2 is 1.90 bits per heavy atom. The van der Waals surface area contributed by atoms with Crippen LogP contribution in [0.5, 0.6) is 0 Å². The molecule has 0 aromatic heterocycles. The topological polar surface area (TPSA) is 106 Å². The van der Waals surface area contributed by atoms with E-state index in [4.69, 9.17) is 4.74 Å². The molecule has 0 aliphatic carbocycles. The summed E-state index contributed by atoms with van der Waals surface area (Å²) in [4.78, 5) is 22.7. The summed E-state index contributed by atoms with van der Waals surface area (Å²) in [5.41, 5.74) is 9.54. The number of nitro groups is 1. The van der Waals surface area contributed by atoms with Gasteiger partial charge in [-0.1, -0.05) is 49.9 Å². The molecule has 0 saturated carbocycles. The molecule has 8 nitrogen and oxygen atoms in total. The minimum atomic E-state index is -0.520. The molecule has 30 heavy (non-hydrogen) atoms. The number of allylic oxidation sites excluding steroid dienone is 4. The number of alkyl carbamates (subject to hydrolysis) is 1. The molecule has 0 aliphatic rings. The molecule has 1 rings (SSSR count). The number of carbonyl (C=O) groups is 1. The number of benzene rings is 1. The minimum Gasteiger partial charge on any atom is -0.445 e. The maximum atomic E-state index is 12.1. The van der Waals surface area contributed by atoms with Crippen LogP contribution in [0.3, 0.4) is 0 Å². The standard InChI is InChI=1S/C22H30N4O4/c1-6-19(14-24-22(27)30-15-18-10-8-7-9-11-18)21(25-23-5)17(4)12-13-20(16(2)3)26(28)29/h7-13,23,25H,2,6,14-15H2,1,3-5H3,(H,24,27)/b17-12+,20-13+,21-19+. The molecular formula is C22H30N4O4. The zero-order chi connectivity index (χ0) is 22.5. The summed E-state index contributed by atoms with van der Waals surface area (Å²) in [5, 5.41) is 13.9. The van der Waals surface area contributed by atoms with Gasteiger partial charge in [-0.25, -0.2) is 10.2 Å². The second kappa shape index (κ2) is 12.9. The summed E-state index contributed by atoms with van der Waals surface area (Å²) in [6.07, 6.45) is 3.20. The Balaban J connectivity index is 2.91. The quantitative estimate of drug-likeness (QED) is 0.287. The molecule has 162 valence electrons. The lowest BCUT2D eigenvalue weighted by molar-refractivity contribution is -0.420. The molecule has 0 unspecified atom stereocenters. The summed E-state index contributed by atoms with van der Waals surface area (Å²) in [7, 11) is 1.72. The fourth-order valence-corrected chi connectivity index (χ4v) is 2.58. The SMILES string of the molecule is C=C(C)\C(=C/C=C(C)/C(NNC)=C(/CC)CNC(=O)OCc1ccccc1)[N+](=O)[O-]. The average molecular weight is 415 g/mol. The average Bonchev–Trinajstić information content (AvgIpc) is 2.72. The monoisotopic (exact) mass is 414 g/mol. The summed E-state index contributed by atoms with van der Waals surface area (Å²) in [6.45, 7) is 9.47. The van der Waals surface area contributed by atoms with Crippen molar-refractivity contribution in [2.24, 2.45) is 0 Å². The van der Waals surface area contributed by atoms with E-state index in [0.717, 1.165) is 22.4 Å². The van der Waals surface area contributed by atoms with Crippen LogP contribution in [0.15, 0.2) is 77.2 Å². The lowest BCUT2D eigenvalue weighted by atomic mass is 10.0. The van der Waals surface area contributed by atoms with Crippen molar-refractivity contribution >= 4 is 6.09 Å². The van der Waals surface area contributed by atoms with Gasteiger partial charge in [0.2, 0.25) is 0 Å². The largest absolute Gasteiger partial charge is 0.445 e. The van der Waals surface area contributed by atoms with E-state index >= 15 is 0 Å². The molecule has 3 N–H and O–H groups in total. The molecule has 1 aromatic rings. The summed E-state index contributed by atoms with van der Waals surface area (Å²) < 4.78 is 5.24. The van der Waals surface area contributed by atoms with E-state index in [0.29, 0.717) is 12.0 Å². The Bertz CT molecular complexity index is 826. The van der Waals surface area contributed by atoms with Gasteiger partial charge in [-0.3, -0.25) is 10.1 Å². The number of nitrogens with one attached hydrogen (secondary N) is 3. The van der Waals surface area contributed by atoms with E-state index in [9.17, 15) is 14.9 Å². The van der Waals surface area contributed by atoms with Gasteiger partial charge >= 0.3 is 6.09 Å². The number of nitrogens with zero attached hydrogens (tertiary/aromatic N) is 1. The van der Waals surface area contributed by atoms with Gasteiger partial charge < -0.3 is 15.5 Å². The third-order valence-corrected chi connectivity index (χ3v) is 4.21. The zero-order valence-electron chi connectivity index (χ0n) is 18.0. The van der Waals surface area contributed by atoms with E-state index in [1.54, 1.807) is 20.0 Å². The van der Waals surface area contributed by atoms with Crippen LogP contribution < -0.4 is 16.2 Å². The fraction of sp³-hybridized carbons (Fsp3) is 0.318. The number of hydrazine groups is 1. The Labute approximate surface area is 177 Å². The Morgan fingerprint density at radius 1 is 1.23 bits per heavy atom. The molecule has 0 fully saturated rings. The molecule has 1 amide bonds. The van der Waals surface area contributed by atoms with Crippen LogP contribution in [0, 0.1) is 10.1 Å². The van der Waals surface area contributed by atoms with Crippen LogP contribution in [0.25, 0.3) is 0 Å². The molecule has 8 heteroatoms. The van der Waals surface area contributed by atoms with Crippen molar-refractivity contribution < 1.29 is 14.5 Å². The normalized spacial score (nSPS) is 12.7. The van der Waals surface area contributed by atoms with Gasteiger partial charge in [0, 0.05) is 25.2 Å². The van der Waals surface area contributed by atoms with Crippen LogP contribution >= 0.6 is 0 Å². The van der Waals surface area contributed by atoms with Gasteiger partial charge in [-0.15, -0.1) is 0 Å². The molecule has 0 heterocycles. The number of hydrogen-bond donors (Lipinski definition) is 3. The Morgan fingerprint density at radius 3 is 2.43 bits per heavy atom. The van der Waals surface area contributed by atoms with Crippen molar-refractivity contribution in [2.45, 2.75) is 33.8 Å². The van der Waals surface area contributed by atoms with Crippen molar-refractivity contribution in [3.8, 4) is 0 Å². The maximum absolute atomic E-state index is 12.1. The first-order valence-electron chi connectivity index (χ1n) is 9.58. The molecule has 1 aromatic carbocycles. The lowest BCUT2D eigenvalue weighted by Crippen LogP contribution is -2.32. The summed E-state index contributed by atoms with van der Waals surface area (Å²) in [5.74, 6) is 0. The molecule has 0 spiro atoms. The van der Waals surface area contributed by atoms with Crippen LogP contribution in [0.4, 0.5) is 4.79 Å². The van der Waals surface area contributed by atoms with Crippen LogP contribution in [-0.4, -0.2) is 24.6 Å². The fourth-order valence-electron chi connectivity index (χ4n) is 2.58. The van der Waals surface area contributed by atoms with Gasteiger partial charge in [-0.05, 0) is 37.0 Å². The summed E-state index contributed by atoms with van der Waals surface area (Å²) >= 11 is 0. The Kier molecular flexibility index (Phi) is 10.6. The first-order valence-corrected chi connectivity index (χ1v) is 9.58. The summed E-state index contributed by atoms with van der Waals surface area (Å²) in [6, 6.07) is 9.42. The van der Waals surface area contributed by atoms with Gasteiger partial charge in [0.25, 0.3) is 5.70 Å². The van der Waals surface area contributed by atoms with Gasteiger partial charge in [-0.2, -0.15) is 0 Å². The van der Waals surface area contributed by atoms with Gasteiger partial charge in [0.15, 0.2) is 0 Å². The van der Waals surface area contributed by atoms with Crippen molar-refractivity contribution in [3.63, 3.8) is 0 Å². The molecule has 0 radical (unpaired) electrons. The zero-order valence-corrected chi connectivity index (χ0v) is 18.0. The third kappa shape index (κ3) is 8.32. The highest BCUT2D eigenvalue weighted by molar-refractivity contribution is 5.67. The molecule has 0 bridgehead atoms. The molecule has 0 saturated heterocycles. The number of ether oxygens (including phenoxy) is 1. The third-order valence-electron chi connectivity index (χ3n) is 4.21. The highest BCUT2D eigenvalue weighted by Crippen LogP contribution is 2.16. The smallest absolute Gasteiger partial charge is 0.407 e. The molecule has 0 aliphatic heterocycles. The first kappa shape index (κ1) is 24.6. The van der Waals surface area contributed by atoms with E-state index in [2.05, 4.69) is 22.7 Å². The number of hydrogen-bond acceptors (Lipinski definition) is 6. The molecule has 0 atom stereocenters. The van der Waals surface area contributed by atoms with Crippen LogP contribution in [0.2, 0.25) is 0 Å². The highest BCUT2D eigenvalue weighted by atomic mass is 16.6. The van der Waals surface area contributed by atoms with Crippen LogP contribution in [0.1, 0.15) is 32.8 Å². The highest BCUT2D eigenvalue weighted by Gasteiger charge is 2.12. The first-order chi connectivity index (χ1) is 14.3. The lowest BCUT2D eigenvalue weighted by Gasteiger charge is -2.17. The maximum Gasteiger partial charge on any atom is 0.407 e. The predicted octanol–water partition coefficient (Wildman–Crippen LogP) is 3.98. The van der Waals surface area contributed by atoms with Gasteiger partial charge in [0.1, 0.15) is 6.61 Å². The van der Waals surface area contributed by atoms with Crippen molar-refractivity contribution in [1.29, 1.82) is 0 Å². The second-order valence-electron chi connectivity index (χ2n) is 6.56. The van der Waals surface area contributed by atoms with E-state index in [1.165, 1.54) is 6.08 Å². The van der Waals surface area contributed by atoms with Crippen molar-refractivity contribution in [1.82, 2.24) is 16.2 Å². The van der Waals surface area contributed by atoms with Crippen molar-refractivity contribution in [3.05, 3.63) is 92.9 Å². The van der Waals surface area contributed by atoms with E-state index in [-0.39, 0.29) is 18.8 Å².